The van der Waals surface area contributed by atoms with Gasteiger partial charge < -0.3 is 34.3 Å². The molecule has 13 heteroatoms. The zero-order valence-electron chi connectivity index (χ0n) is 47.8. The van der Waals surface area contributed by atoms with E-state index in [-0.39, 0.29) is 19.6 Å². The Morgan fingerprint density at radius 2 is 0.908 bits per heavy atom. The summed E-state index contributed by atoms with van der Waals surface area (Å²) in [5.41, 5.74) is 0. The van der Waals surface area contributed by atoms with Crippen molar-refractivity contribution in [1.29, 1.82) is 0 Å². The minimum Gasteiger partial charge on any atom is -0.457 e. The maximum atomic E-state index is 13.0. The number of esters is 1. The van der Waals surface area contributed by atoms with E-state index in [4.69, 9.17) is 18.9 Å². The summed E-state index contributed by atoms with van der Waals surface area (Å²) in [6.07, 6.45) is 63.3. The van der Waals surface area contributed by atoms with Gasteiger partial charge in [0, 0.05) is 13.0 Å². The number of hydrogen-bond donors (Lipinski definition) is 4. The van der Waals surface area contributed by atoms with Gasteiger partial charge in [0.25, 0.3) is 0 Å². The predicted octanol–water partition coefficient (Wildman–Crippen LogP) is 15.5. The Kier molecular flexibility index (Phi) is 49.7. The van der Waals surface area contributed by atoms with Gasteiger partial charge in [0.15, 0.2) is 6.29 Å². The summed E-state index contributed by atoms with van der Waals surface area (Å²) in [5, 5.41) is 30.9. The van der Waals surface area contributed by atoms with Crippen LogP contribution in [0.3, 0.4) is 0 Å². The molecule has 1 saturated heterocycles. The van der Waals surface area contributed by atoms with Gasteiger partial charge >= 0.3 is 16.4 Å². The third-order valence-electron chi connectivity index (χ3n) is 13.5. The fraction of sp³-hybridized carbons (Fsp3) is 0.762. The van der Waals surface area contributed by atoms with Crippen molar-refractivity contribution >= 4 is 16.4 Å². The molecule has 0 radical (unpaired) electrons. The first-order valence-corrected chi connectivity index (χ1v) is 31.7. The van der Waals surface area contributed by atoms with E-state index in [1.165, 1.54) is 128 Å². The molecule has 76 heavy (non-hydrogen) atoms. The Morgan fingerprint density at radius 1 is 0.513 bits per heavy atom. The smallest absolute Gasteiger partial charge is 0.397 e. The second-order valence-electron chi connectivity index (χ2n) is 20.6. The van der Waals surface area contributed by atoms with Crippen molar-refractivity contribution in [3.63, 3.8) is 0 Å². The van der Waals surface area contributed by atoms with Crippen molar-refractivity contribution in [2.45, 2.75) is 282 Å². The lowest BCUT2D eigenvalue weighted by atomic mass is 9.99. The standard InChI is InChI=1S/C63H110O12S/c1-3-5-7-9-11-13-15-17-19-21-23-25-27-28-29-31-33-35-37-39-41-43-45-47-49-51-53-71-55-57(56-72-63-61(67)62(75-76(68,69)70)60(66)58(54-64)74-63)73-59(65)52-50-48-46-44-42-40-38-36-34-32-30-26-24-22-20-18-16-14-12-10-8-6-4-2/h5,7,11,13,17,19,22-25,28-29,33,35,57-58,60-64,66-67H,3-4,6,8-10,12,14-16,18,20-21,26-27,30-32,34,36-56H2,1-2H3,(H,68,69,70)/b7-5-,13-11-,19-17-,24-22-,25-23-,29-28-,35-33-. The Labute approximate surface area is 463 Å². The fourth-order valence-electron chi connectivity index (χ4n) is 8.97. The van der Waals surface area contributed by atoms with Gasteiger partial charge in [-0.1, -0.05) is 234 Å². The number of hydrogen-bond acceptors (Lipinski definition) is 11. The van der Waals surface area contributed by atoms with Gasteiger partial charge in [0.05, 0.1) is 19.8 Å². The van der Waals surface area contributed by atoms with Crippen LogP contribution < -0.4 is 0 Å². The van der Waals surface area contributed by atoms with Gasteiger partial charge in [-0.25, -0.2) is 4.18 Å². The monoisotopic (exact) mass is 1090 g/mol. The summed E-state index contributed by atoms with van der Waals surface area (Å²) in [5.74, 6) is -0.404. The first-order valence-electron chi connectivity index (χ1n) is 30.3. The number of carbonyl (C=O) groups excluding carboxylic acids is 1. The molecule has 0 aromatic carbocycles. The highest BCUT2D eigenvalue weighted by Gasteiger charge is 2.48. The summed E-state index contributed by atoms with van der Waals surface area (Å²) in [6.45, 7) is 3.88. The summed E-state index contributed by atoms with van der Waals surface area (Å²) in [7, 11) is -5.08. The van der Waals surface area contributed by atoms with Crippen LogP contribution in [-0.4, -0.2) is 97.5 Å². The Morgan fingerprint density at radius 3 is 1.34 bits per heavy atom. The fourth-order valence-corrected chi connectivity index (χ4v) is 9.48. The Bertz CT molecular complexity index is 1640. The van der Waals surface area contributed by atoms with E-state index < -0.39 is 59.8 Å². The first kappa shape index (κ1) is 71.3. The van der Waals surface area contributed by atoms with Gasteiger partial charge in [-0.2, -0.15) is 8.42 Å². The van der Waals surface area contributed by atoms with Crippen LogP contribution in [0.25, 0.3) is 0 Å². The molecule has 1 fully saturated rings. The highest BCUT2D eigenvalue weighted by Crippen LogP contribution is 2.26. The molecule has 0 spiro atoms. The summed E-state index contributed by atoms with van der Waals surface area (Å²) in [6, 6.07) is 0. The maximum Gasteiger partial charge on any atom is 0.397 e. The van der Waals surface area contributed by atoms with E-state index in [0.717, 1.165) is 89.9 Å². The van der Waals surface area contributed by atoms with Crippen molar-refractivity contribution in [2.24, 2.45) is 0 Å². The summed E-state index contributed by atoms with van der Waals surface area (Å²) in [4.78, 5) is 13.0. The second kappa shape index (κ2) is 53.0. The van der Waals surface area contributed by atoms with Crippen LogP contribution in [0.5, 0.6) is 0 Å². The molecule has 1 aliphatic heterocycles. The first-order chi connectivity index (χ1) is 37.1. The SMILES string of the molecule is CC/C=C\C/C=C\C/C=C\C/C=C\C/C=C\C/C=C\CCCCCCCCCOCC(COC1OC(CO)C(O)C(OS(=O)(=O)O)C1O)OC(=O)CCCCCCCCCCCCC/C=C\CCCCCCCCCC. The van der Waals surface area contributed by atoms with Crippen molar-refractivity contribution in [3.05, 3.63) is 85.1 Å². The number of rotatable bonds is 53. The van der Waals surface area contributed by atoms with Crippen LogP contribution in [0.15, 0.2) is 85.1 Å². The molecule has 4 N–H and O–H groups in total. The molecule has 1 aliphatic rings. The zero-order valence-corrected chi connectivity index (χ0v) is 48.6. The van der Waals surface area contributed by atoms with Gasteiger partial charge in [0.1, 0.15) is 30.5 Å². The zero-order chi connectivity index (χ0) is 55.3. The highest BCUT2D eigenvalue weighted by atomic mass is 32.3. The second-order valence-corrected chi connectivity index (χ2v) is 21.6. The van der Waals surface area contributed by atoms with Gasteiger partial charge in [-0.15, -0.1) is 0 Å². The topological polar surface area (TPSA) is 178 Å². The molecule has 0 saturated carbocycles. The van der Waals surface area contributed by atoms with Crippen LogP contribution in [0.2, 0.25) is 0 Å². The lowest BCUT2D eigenvalue weighted by Crippen LogP contribution is -2.60. The van der Waals surface area contributed by atoms with E-state index in [2.05, 4.69) is 103 Å². The van der Waals surface area contributed by atoms with Crippen molar-refractivity contribution < 1.29 is 56.2 Å². The molecule has 12 nitrogen and oxygen atoms in total. The minimum atomic E-state index is -5.08. The molecule has 440 valence electrons. The predicted molar refractivity (Wildman–Crippen MR) is 312 cm³/mol. The largest absolute Gasteiger partial charge is 0.457 e. The average Bonchev–Trinajstić information content (AvgIpc) is 3.40. The van der Waals surface area contributed by atoms with Crippen molar-refractivity contribution in [1.82, 2.24) is 0 Å². The molecule has 1 heterocycles. The summed E-state index contributed by atoms with van der Waals surface area (Å²) >= 11 is 0. The third kappa shape index (κ3) is 45.2. The van der Waals surface area contributed by atoms with E-state index in [9.17, 15) is 33.1 Å². The quantitative estimate of drug-likeness (QED) is 0.0196. The van der Waals surface area contributed by atoms with Crippen LogP contribution >= 0.6 is 0 Å². The Balaban J connectivity index is 2.30. The van der Waals surface area contributed by atoms with E-state index in [1.807, 2.05) is 0 Å². The molecule has 0 amide bonds. The summed E-state index contributed by atoms with van der Waals surface area (Å²) < 4.78 is 59.5. The van der Waals surface area contributed by atoms with Crippen LogP contribution in [-0.2, 0) is 38.3 Å². The molecular weight excluding hydrogens is 981 g/mol. The van der Waals surface area contributed by atoms with E-state index in [0.29, 0.717) is 13.0 Å². The van der Waals surface area contributed by atoms with E-state index in [1.54, 1.807) is 0 Å². The minimum absolute atomic E-state index is 0.0244. The molecule has 0 aromatic rings. The molecule has 1 rings (SSSR count). The van der Waals surface area contributed by atoms with Crippen LogP contribution in [0.4, 0.5) is 0 Å². The normalized spacial score (nSPS) is 19.2. The highest BCUT2D eigenvalue weighted by molar-refractivity contribution is 7.80. The maximum absolute atomic E-state index is 13.0. The number of ether oxygens (including phenoxy) is 4. The van der Waals surface area contributed by atoms with Gasteiger partial charge in [0.2, 0.25) is 0 Å². The van der Waals surface area contributed by atoms with Crippen LogP contribution in [0, 0.1) is 0 Å². The van der Waals surface area contributed by atoms with E-state index >= 15 is 0 Å². The number of carbonyl (C=O) groups is 1. The van der Waals surface area contributed by atoms with Crippen molar-refractivity contribution in [2.75, 3.05) is 26.4 Å². The molecule has 6 unspecified atom stereocenters. The van der Waals surface area contributed by atoms with Gasteiger partial charge in [-0.05, 0) is 89.9 Å². The number of allylic oxidation sites excluding steroid dienone is 14. The average molecular weight is 1090 g/mol. The third-order valence-corrected chi connectivity index (χ3v) is 14.0. The molecule has 0 aromatic heterocycles. The van der Waals surface area contributed by atoms with Crippen LogP contribution in [0.1, 0.15) is 245 Å². The number of aliphatic hydroxyl groups is 3. The molecule has 0 aliphatic carbocycles. The van der Waals surface area contributed by atoms with Crippen molar-refractivity contribution in [3.8, 4) is 0 Å². The molecular formula is C63H110O12S. The number of unbranched alkanes of at least 4 members (excludes halogenated alkanes) is 26. The molecule has 0 bridgehead atoms. The lowest BCUT2D eigenvalue weighted by Gasteiger charge is -2.41. The Hall–Kier alpha value is -2.72. The number of aliphatic hydroxyl groups excluding tert-OH is 3. The molecule has 6 atom stereocenters. The van der Waals surface area contributed by atoms with Gasteiger partial charge in [-0.3, -0.25) is 9.35 Å². The lowest BCUT2D eigenvalue weighted by molar-refractivity contribution is -0.301.